The maximum atomic E-state index is 12.2. The molecule has 3 nitrogen and oxygen atoms in total. The van der Waals surface area contributed by atoms with Gasteiger partial charge in [-0.15, -0.1) is 0 Å². The molecule has 1 aliphatic rings. The number of rotatable bonds is 3. The third-order valence-electron chi connectivity index (χ3n) is 3.81. The zero-order chi connectivity index (χ0) is 13.8. The van der Waals surface area contributed by atoms with E-state index in [2.05, 4.69) is 5.32 Å². The van der Waals surface area contributed by atoms with Gasteiger partial charge in [0, 0.05) is 17.0 Å². The minimum absolute atomic E-state index is 0.00270. The Balaban J connectivity index is 1.92. The average molecular weight is 281 g/mol. The van der Waals surface area contributed by atoms with Crippen LogP contribution in [-0.4, -0.2) is 11.9 Å². The lowest BCUT2D eigenvalue weighted by Gasteiger charge is -2.27. The van der Waals surface area contributed by atoms with Crippen LogP contribution in [0.5, 0.6) is 0 Å². The Labute approximate surface area is 119 Å². The first-order valence-electron chi connectivity index (χ1n) is 6.87. The smallest absolute Gasteiger partial charge is 0.223 e. The molecule has 0 aromatic heterocycles. The summed E-state index contributed by atoms with van der Waals surface area (Å²) in [6, 6.07) is 7.75. The predicted octanol–water partition coefficient (Wildman–Crippen LogP) is 3.03. The van der Waals surface area contributed by atoms with E-state index in [0.717, 1.165) is 31.2 Å². The first-order valence-corrected chi connectivity index (χ1v) is 7.25. The number of nitrogens with two attached hydrogens (primary N) is 1. The van der Waals surface area contributed by atoms with Gasteiger partial charge in [-0.25, -0.2) is 0 Å². The zero-order valence-electron chi connectivity index (χ0n) is 11.2. The lowest BCUT2D eigenvalue weighted by atomic mass is 9.85. The van der Waals surface area contributed by atoms with Gasteiger partial charge in [-0.1, -0.05) is 30.2 Å². The van der Waals surface area contributed by atoms with E-state index in [9.17, 15) is 4.79 Å². The summed E-state index contributed by atoms with van der Waals surface area (Å²) < 4.78 is 0. The van der Waals surface area contributed by atoms with Crippen molar-refractivity contribution in [2.24, 2.45) is 11.7 Å². The van der Waals surface area contributed by atoms with Crippen LogP contribution in [0.3, 0.4) is 0 Å². The predicted molar refractivity (Wildman–Crippen MR) is 77.9 cm³/mol. The summed E-state index contributed by atoms with van der Waals surface area (Å²) in [7, 11) is 0. The minimum Gasteiger partial charge on any atom is -0.349 e. The zero-order valence-corrected chi connectivity index (χ0v) is 12.0. The highest BCUT2D eigenvalue weighted by Crippen LogP contribution is 2.24. The standard InChI is InChI=1S/C15H21ClN2O/c1-10(11-5-7-13(16)8-6-11)18-15(19)12-3-2-4-14(17)9-12/h5-8,10,12,14H,2-4,9,17H2,1H3,(H,18,19)/t10-,12?,14?/m0/s1. The first-order chi connectivity index (χ1) is 9.06. The molecule has 0 aliphatic heterocycles. The van der Waals surface area contributed by atoms with E-state index in [0.29, 0.717) is 5.02 Å². The van der Waals surface area contributed by atoms with E-state index < -0.39 is 0 Å². The van der Waals surface area contributed by atoms with Gasteiger partial charge in [0.1, 0.15) is 0 Å². The van der Waals surface area contributed by atoms with E-state index in [-0.39, 0.29) is 23.9 Å². The van der Waals surface area contributed by atoms with Crippen molar-refractivity contribution in [3.63, 3.8) is 0 Å². The summed E-state index contributed by atoms with van der Waals surface area (Å²) >= 11 is 5.86. The Bertz CT molecular complexity index is 432. The monoisotopic (exact) mass is 280 g/mol. The summed E-state index contributed by atoms with van der Waals surface area (Å²) in [4.78, 5) is 12.2. The molecule has 2 rings (SSSR count). The largest absolute Gasteiger partial charge is 0.349 e. The SMILES string of the molecule is C[C@H](NC(=O)C1CCCC(N)C1)c1ccc(Cl)cc1. The molecular weight excluding hydrogens is 260 g/mol. The van der Waals surface area contributed by atoms with Crippen molar-refractivity contribution >= 4 is 17.5 Å². The number of benzene rings is 1. The average Bonchev–Trinajstić information content (AvgIpc) is 2.39. The molecule has 1 aromatic rings. The van der Waals surface area contributed by atoms with Gasteiger partial charge in [0.05, 0.1) is 6.04 Å². The molecule has 19 heavy (non-hydrogen) atoms. The maximum absolute atomic E-state index is 12.2. The second-order valence-corrected chi connectivity index (χ2v) is 5.84. The first kappa shape index (κ1) is 14.4. The van der Waals surface area contributed by atoms with E-state index in [1.807, 2.05) is 31.2 Å². The molecule has 1 aromatic carbocycles. The van der Waals surface area contributed by atoms with Gasteiger partial charge in [-0.05, 0) is 43.9 Å². The number of amides is 1. The summed E-state index contributed by atoms with van der Waals surface area (Å²) in [5, 5.41) is 3.78. The lowest BCUT2D eigenvalue weighted by Crippen LogP contribution is -2.38. The van der Waals surface area contributed by atoms with Crippen molar-refractivity contribution in [2.45, 2.75) is 44.7 Å². The number of carbonyl (C=O) groups is 1. The van der Waals surface area contributed by atoms with Crippen molar-refractivity contribution in [3.05, 3.63) is 34.9 Å². The van der Waals surface area contributed by atoms with Crippen molar-refractivity contribution < 1.29 is 4.79 Å². The molecule has 1 saturated carbocycles. The molecule has 0 radical (unpaired) electrons. The Morgan fingerprint density at radius 3 is 2.68 bits per heavy atom. The van der Waals surface area contributed by atoms with Gasteiger partial charge in [-0.3, -0.25) is 4.79 Å². The Morgan fingerprint density at radius 1 is 1.37 bits per heavy atom. The molecule has 0 saturated heterocycles. The van der Waals surface area contributed by atoms with Crippen LogP contribution in [0.4, 0.5) is 0 Å². The van der Waals surface area contributed by atoms with E-state index in [1.165, 1.54) is 0 Å². The highest BCUT2D eigenvalue weighted by atomic mass is 35.5. The van der Waals surface area contributed by atoms with Crippen molar-refractivity contribution in [1.29, 1.82) is 0 Å². The number of carbonyl (C=O) groups excluding carboxylic acids is 1. The highest BCUT2D eigenvalue weighted by Gasteiger charge is 2.26. The fourth-order valence-electron chi connectivity index (χ4n) is 2.63. The van der Waals surface area contributed by atoms with Crippen LogP contribution in [0, 0.1) is 5.92 Å². The van der Waals surface area contributed by atoms with Crippen LogP contribution in [0.1, 0.15) is 44.2 Å². The molecule has 3 N–H and O–H groups in total. The fraction of sp³-hybridized carbons (Fsp3) is 0.533. The third kappa shape index (κ3) is 3.95. The van der Waals surface area contributed by atoms with Crippen molar-refractivity contribution in [2.75, 3.05) is 0 Å². The van der Waals surface area contributed by atoms with Gasteiger partial charge >= 0.3 is 0 Å². The Morgan fingerprint density at radius 2 is 2.05 bits per heavy atom. The van der Waals surface area contributed by atoms with Gasteiger partial charge < -0.3 is 11.1 Å². The van der Waals surface area contributed by atoms with Gasteiger partial charge in [0.25, 0.3) is 0 Å². The van der Waals surface area contributed by atoms with Crippen LogP contribution >= 0.6 is 11.6 Å². The molecule has 4 heteroatoms. The topological polar surface area (TPSA) is 55.1 Å². The molecule has 0 bridgehead atoms. The van der Waals surface area contributed by atoms with Crippen molar-refractivity contribution in [3.8, 4) is 0 Å². The van der Waals surface area contributed by atoms with Crippen LogP contribution < -0.4 is 11.1 Å². The number of nitrogens with one attached hydrogen (secondary N) is 1. The molecular formula is C15H21ClN2O. The van der Waals surface area contributed by atoms with E-state index >= 15 is 0 Å². The highest BCUT2D eigenvalue weighted by molar-refractivity contribution is 6.30. The number of halogens is 1. The minimum atomic E-state index is 0.00270. The molecule has 104 valence electrons. The quantitative estimate of drug-likeness (QED) is 0.894. The summed E-state index contributed by atoms with van der Waals surface area (Å²) in [6.45, 7) is 1.99. The number of hydrogen-bond acceptors (Lipinski definition) is 2. The summed E-state index contributed by atoms with van der Waals surface area (Å²) in [5.74, 6) is 0.191. The second kappa shape index (κ2) is 6.40. The molecule has 0 heterocycles. The maximum Gasteiger partial charge on any atom is 0.223 e. The Hall–Kier alpha value is -1.06. The molecule has 3 atom stereocenters. The summed E-state index contributed by atoms with van der Waals surface area (Å²) in [6.07, 6.45) is 3.84. The van der Waals surface area contributed by atoms with Crippen LogP contribution in [0.25, 0.3) is 0 Å². The lowest BCUT2D eigenvalue weighted by molar-refractivity contribution is -0.126. The van der Waals surface area contributed by atoms with Crippen LogP contribution in [-0.2, 0) is 4.79 Å². The fourth-order valence-corrected chi connectivity index (χ4v) is 2.76. The second-order valence-electron chi connectivity index (χ2n) is 5.41. The van der Waals surface area contributed by atoms with E-state index in [4.69, 9.17) is 17.3 Å². The molecule has 0 spiro atoms. The van der Waals surface area contributed by atoms with Gasteiger partial charge in [-0.2, -0.15) is 0 Å². The third-order valence-corrected chi connectivity index (χ3v) is 4.07. The van der Waals surface area contributed by atoms with E-state index in [1.54, 1.807) is 0 Å². The molecule has 1 fully saturated rings. The summed E-state index contributed by atoms with van der Waals surface area (Å²) in [5.41, 5.74) is 6.99. The molecule has 1 aliphatic carbocycles. The van der Waals surface area contributed by atoms with Gasteiger partial charge in [0.2, 0.25) is 5.91 Å². The normalized spacial score (nSPS) is 24.8. The molecule has 1 amide bonds. The van der Waals surface area contributed by atoms with Crippen LogP contribution in [0.2, 0.25) is 5.02 Å². The number of hydrogen-bond donors (Lipinski definition) is 2. The van der Waals surface area contributed by atoms with Crippen LogP contribution in [0.15, 0.2) is 24.3 Å². The van der Waals surface area contributed by atoms with Gasteiger partial charge in [0.15, 0.2) is 0 Å². The molecule has 2 unspecified atom stereocenters. The van der Waals surface area contributed by atoms with Crippen molar-refractivity contribution in [1.82, 2.24) is 5.32 Å². The Kier molecular flexibility index (Phi) is 4.83.